The van der Waals surface area contributed by atoms with Crippen molar-refractivity contribution in [2.24, 2.45) is 5.41 Å². The number of hydrogen-bond acceptors (Lipinski definition) is 1. The van der Waals surface area contributed by atoms with Crippen molar-refractivity contribution in [3.05, 3.63) is 0 Å². The average molecular weight is 144 g/mol. The number of rotatable bonds is 1. The second-order valence-corrected chi connectivity index (χ2v) is 2.42. The lowest BCUT2D eigenvalue weighted by Gasteiger charge is -2.11. The van der Waals surface area contributed by atoms with Crippen molar-refractivity contribution >= 4 is 0 Å². The summed E-state index contributed by atoms with van der Waals surface area (Å²) >= 11 is 0. The zero-order valence-electron chi connectivity index (χ0n) is 5.65. The number of aliphatic hydroxyl groups excluding tert-OH is 1. The van der Waals surface area contributed by atoms with Crippen LogP contribution in [0.15, 0.2) is 0 Å². The zero-order chi connectivity index (χ0) is 6.62. The molecule has 0 amide bonds. The highest BCUT2D eigenvalue weighted by molar-refractivity contribution is 5.06. The van der Waals surface area contributed by atoms with Gasteiger partial charge in [0.1, 0.15) is 0 Å². The van der Waals surface area contributed by atoms with Gasteiger partial charge in [-0.05, 0) is 20.8 Å². The molecule has 1 N–H and O–H groups in total. The van der Waals surface area contributed by atoms with E-state index in [0.29, 0.717) is 0 Å². The van der Waals surface area contributed by atoms with Crippen molar-refractivity contribution in [2.45, 2.75) is 35.6 Å². The molecule has 0 aromatic rings. The standard InChI is InChI=1S/C7H12O.2CH4/c1-4-5-7(2,3)6-8;;/h8H,6H2,1-3H3;2*1H4. The van der Waals surface area contributed by atoms with Crippen LogP contribution in [-0.4, -0.2) is 11.7 Å². The first-order chi connectivity index (χ1) is 3.62. The Kier molecular flexibility index (Phi) is 10.8. The summed E-state index contributed by atoms with van der Waals surface area (Å²) in [5.41, 5.74) is -0.214. The van der Waals surface area contributed by atoms with E-state index >= 15 is 0 Å². The molecule has 0 saturated carbocycles. The van der Waals surface area contributed by atoms with E-state index in [9.17, 15) is 0 Å². The summed E-state index contributed by atoms with van der Waals surface area (Å²) in [5.74, 6) is 5.62. The molecule has 0 aliphatic carbocycles. The minimum atomic E-state index is -0.214. The molecule has 0 bridgehead atoms. The normalized spacial score (nSPS) is 8.00. The van der Waals surface area contributed by atoms with Gasteiger partial charge in [0.2, 0.25) is 0 Å². The van der Waals surface area contributed by atoms with Gasteiger partial charge < -0.3 is 5.11 Å². The van der Waals surface area contributed by atoms with E-state index in [1.165, 1.54) is 0 Å². The molecule has 10 heavy (non-hydrogen) atoms. The van der Waals surface area contributed by atoms with Crippen LogP contribution < -0.4 is 0 Å². The Morgan fingerprint density at radius 2 is 1.70 bits per heavy atom. The van der Waals surface area contributed by atoms with E-state index in [1.54, 1.807) is 6.92 Å². The van der Waals surface area contributed by atoms with Gasteiger partial charge in [-0.1, -0.05) is 20.8 Å². The highest BCUT2D eigenvalue weighted by Gasteiger charge is 2.10. The van der Waals surface area contributed by atoms with Crippen molar-refractivity contribution < 1.29 is 5.11 Å². The molecular weight excluding hydrogens is 124 g/mol. The van der Waals surface area contributed by atoms with Gasteiger partial charge in [-0.15, -0.1) is 5.92 Å². The summed E-state index contributed by atoms with van der Waals surface area (Å²) in [6.45, 7) is 5.72. The summed E-state index contributed by atoms with van der Waals surface area (Å²) in [6.07, 6.45) is 0. The van der Waals surface area contributed by atoms with E-state index in [-0.39, 0.29) is 26.9 Å². The fraction of sp³-hybridized carbons (Fsp3) is 0.778. The lowest BCUT2D eigenvalue weighted by Crippen LogP contribution is -2.12. The first-order valence-electron chi connectivity index (χ1n) is 2.67. The van der Waals surface area contributed by atoms with E-state index in [4.69, 9.17) is 5.11 Å². The summed E-state index contributed by atoms with van der Waals surface area (Å²) in [4.78, 5) is 0. The molecule has 62 valence electrons. The zero-order valence-corrected chi connectivity index (χ0v) is 5.65. The van der Waals surface area contributed by atoms with Crippen LogP contribution >= 0.6 is 0 Å². The van der Waals surface area contributed by atoms with Gasteiger partial charge in [0, 0.05) is 5.41 Å². The third-order valence-electron chi connectivity index (χ3n) is 0.859. The van der Waals surface area contributed by atoms with Crippen LogP contribution in [0, 0.1) is 17.3 Å². The molecule has 0 radical (unpaired) electrons. The quantitative estimate of drug-likeness (QED) is 0.560. The fourth-order valence-corrected chi connectivity index (χ4v) is 0.378. The van der Waals surface area contributed by atoms with E-state index in [1.807, 2.05) is 13.8 Å². The topological polar surface area (TPSA) is 20.2 Å². The Labute approximate surface area is 65.5 Å². The molecule has 0 rings (SSSR count). The third-order valence-corrected chi connectivity index (χ3v) is 0.859. The maximum absolute atomic E-state index is 8.62. The van der Waals surface area contributed by atoms with E-state index in [2.05, 4.69) is 11.8 Å². The molecule has 0 spiro atoms. The first-order valence-corrected chi connectivity index (χ1v) is 2.67. The molecule has 0 fully saturated rings. The molecule has 1 nitrogen and oxygen atoms in total. The molecule has 0 unspecified atom stereocenters. The Morgan fingerprint density at radius 3 is 1.80 bits per heavy atom. The molecule has 0 heterocycles. The summed E-state index contributed by atoms with van der Waals surface area (Å²) in [5, 5.41) is 8.62. The van der Waals surface area contributed by atoms with Crippen LogP contribution in [0.2, 0.25) is 0 Å². The van der Waals surface area contributed by atoms with Gasteiger partial charge in [0.05, 0.1) is 6.61 Å². The summed E-state index contributed by atoms with van der Waals surface area (Å²) < 4.78 is 0. The Morgan fingerprint density at radius 1 is 1.30 bits per heavy atom. The van der Waals surface area contributed by atoms with Gasteiger partial charge >= 0.3 is 0 Å². The van der Waals surface area contributed by atoms with Crippen LogP contribution in [-0.2, 0) is 0 Å². The molecular formula is C9H20O. The monoisotopic (exact) mass is 144 g/mol. The highest BCUT2D eigenvalue weighted by Crippen LogP contribution is 2.09. The SMILES string of the molecule is C.C.CC#CC(C)(C)CO. The maximum atomic E-state index is 8.62. The van der Waals surface area contributed by atoms with Gasteiger partial charge in [-0.3, -0.25) is 0 Å². The molecule has 0 saturated heterocycles. The number of aliphatic hydroxyl groups is 1. The minimum Gasteiger partial charge on any atom is -0.395 e. The van der Waals surface area contributed by atoms with Gasteiger partial charge in [-0.2, -0.15) is 0 Å². The van der Waals surface area contributed by atoms with Gasteiger partial charge in [0.15, 0.2) is 0 Å². The summed E-state index contributed by atoms with van der Waals surface area (Å²) in [7, 11) is 0. The molecule has 0 atom stereocenters. The Hall–Kier alpha value is -0.480. The van der Waals surface area contributed by atoms with Gasteiger partial charge in [0.25, 0.3) is 0 Å². The highest BCUT2D eigenvalue weighted by atomic mass is 16.3. The Balaban J connectivity index is -0.000000245. The molecule has 1 heteroatoms. The van der Waals surface area contributed by atoms with Crippen LogP contribution in [0.5, 0.6) is 0 Å². The molecule has 0 aliphatic heterocycles. The van der Waals surface area contributed by atoms with Crippen LogP contribution in [0.3, 0.4) is 0 Å². The predicted octanol–water partition coefficient (Wildman–Crippen LogP) is 2.30. The van der Waals surface area contributed by atoms with Crippen molar-refractivity contribution in [1.82, 2.24) is 0 Å². The summed E-state index contributed by atoms with van der Waals surface area (Å²) in [6, 6.07) is 0. The van der Waals surface area contributed by atoms with Crippen LogP contribution in [0.1, 0.15) is 35.6 Å². The number of hydrogen-bond donors (Lipinski definition) is 1. The van der Waals surface area contributed by atoms with Crippen molar-refractivity contribution in [1.29, 1.82) is 0 Å². The smallest absolute Gasteiger partial charge is 0.0591 e. The predicted molar refractivity (Wildman–Crippen MR) is 47.8 cm³/mol. The Bertz CT molecular complexity index is 114. The van der Waals surface area contributed by atoms with Crippen molar-refractivity contribution in [3.8, 4) is 11.8 Å². The third kappa shape index (κ3) is 7.52. The molecule has 0 aliphatic rings. The maximum Gasteiger partial charge on any atom is 0.0591 e. The average Bonchev–Trinajstić information content (AvgIpc) is 1.67. The lowest BCUT2D eigenvalue weighted by atomic mass is 9.96. The van der Waals surface area contributed by atoms with Gasteiger partial charge in [-0.25, -0.2) is 0 Å². The molecule has 0 aromatic heterocycles. The van der Waals surface area contributed by atoms with E-state index < -0.39 is 0 Å². The van der Waals surface area contributed by atoms with Crippen LogP contribution in [0.25, 0.3) is 0 Å². The first kappa shape index (κ1) is 16.3. The van der Waals surface area contributed by atoms with Crippen molar-refractivity contribution in [3.63, 3.8) is 0 Å². The van der Waals surface area contributed by atoms with E-state index in [0.717, 1.165) is 0 Å². The van der Waals surface area contributed by atoms with Crippen LogP contribution in [0.4, 0.5) is 0 Å². The molecule has 0 aromatic carbocycles. The minimum absolute atomic E-state index is 0. The second kappa shape index (κ2) is 6.64. The largest absolute Gasteiger partial charge is 0.395 e. The second-order valence-electron chi connectivity index (χ2n) is 2.42. The lowest BCUT2D eigenvalue weighted by molar-refractivity contribution is 0.206. The fourth-order valence-electron chi connectivity index (χ4n) is 0.378. The van der Waals surface area contributed by atoms with Crippen molar-refractivity contribution in [2.75, 3.05) is 6.61 Å².